The number of halogens is 3. The highest BCUT2D eigenvalue weighted by atomic mass is 79.9. The van der Waals surface area contributed by atoms with Gasteiger partial charge in [-0.1, -0.05) is 12.1 Å². The number of benzene rings is 2. The van der Waals surface area contributed by atoms with Crippen LogP contribution in [0.25, 0.3) is 0 Å². The lowest BCUT2D eigenvalue weighted by molar-refractivity contribution is -0.133. The minimum atomic E-state index is -1.17. The van der Waals surface area contributed by atoms with E-state index in [9.17, 15) is 18.4 Å². The monoisotopic (exact) mass is 368 g/mol. The molecule has 2 amide bonds. The number of amides is 2. The van der Waals surface area contributed by atoms with Crippen LogP contribution in [0, 0.1) is 18.6 Å². The van der Waals surface area contributed by atoms with Crippen molar-refractivity contribution in [1.82, 2.24) is 0 Å². The normalized spacial score (nSPS) is 10.2. The van der Waals surface area contributed by atoms with Gasteiger partial charge in [-0.15, -0.1) is 0 Å². The molecule has 114 valence electrons. The molecule has 0 spiro atoms. The molecule has 0 aliphatic carbocycles. The van der Waals surface area contributed by atoms with Crippen LogP contribution >= 0.6 is 15.9 Å². The second-order valence-electron chi connectivity index (χ2n) is 4.49. The maximum Gasteiger partial charge on any atom is 0.314 e. The largest absolute Gasteiger partial charge is 0.317 e. The SMILES string of the molecule is Cc1ccc(NC(=O)C(=O)Nc2c(F)cccc2F)c(Br)c1. The van der Waals surface area contributed by atoms with Crippen molar-refractivity contribution in [2.24, 2.45) is 0 Å². The number of para-hydroxylation sites is 1. The van der Waals surface area contributed by atoms with E-state index in [0.29, 0.717) is 10.2 Å². The van der Waals surface area contributed by atoms with Crippen molar-refractivity contribution in [1.29, 1.82) is 0 Å². The first-order valence-corrected chi connectivity index (χ1v) is 7.00. The maximum atomic E-state index is 13.4. The van der Waals surface area contributed by atoms with E-state index in [1.165, 1.54) is 0 Å². The van der Waals surface area contributed by atoms with Gasteiger partial charge in [0.25, 0.3) is 0 Å². The molecule has 0 aliphatic heterocycles. The molecule has 0 fully saturated rings. The van der Waals surface area contributed by atoms with Gasteiger partial charge in [0, 0.05) is 4.47 Å². The van der Waals surface area contributed by atoms with Gasteiger partial charge in [-0.25, -0.2) is 8.78 Å². The molecule has 0 radical (unpaired) electrons. The average Bonchev–Trinajstić information content (AvgIpc) is 2.45. The molecule has 2 aromatic carbocycles. The molecule has 0 bridgehead atoms. The van der Waals surface area contributed by atoms with Crippen molar-refractivity contribution in [3.8, 4) is 0 Å². The van der Waals surface area contributed by atoms with Crippen LogP contribution < -0.4 is 10.6 Å². The summed E-state index contributed by atoms with van der Waals surface area (Å²) in [4.78, 5) is 23.5. The van der Waals surface area contributed by atoms with Crippen LogP contribution in [0.15, 0.2) is 40.9 Å². The summed E-state index contributed by atoms with van der Waals surface area (Å²) in [5.41, 5.74) is 0.674. The predicted octanol–water partition coefficient (Wildman–Crippen LogP) is 3.61. The molecule has 4 nitrogen and oxygen atoms in total. The maximum absolute atomic E-state index is 13.4. The van der Waals surface area contributed by atoms with Crippen molar-refractivity contribution >= 4 is 39.1 Å². The highest BCUT2D eigenvalue weighted by Crippen LogP contribution is 2.23. The van der Waals surface area contributed by atoms with Gasteiger partial charge >= 0.3 is 11.8 Å². The number of carbonyl (C=O) groups excluding carboxylic acids is 2. The smallest absolute Gasteiger partial charge is 0.314 e. The number of aryl methyl sites for hydroxylation is 1. The lowest BCUT2D eigenvalue weighted by Gasteiger charge is -2.09. The van der Waals surface area contributed by atoms with Crippen molar-refractivity contribution < 1.29 is 18.4 Å². The molecule has 0 atom stereocenters. The first-order chi connectivity index (χ1) is 10.4. The number of hydrogen-bond donors (Lipinski definition) is 2. The van der Waals surface area contributed by atoms with E-state index in [2.05, 4.69) is 21.2 Å². The zero-order valence-electron chi connectivity index (χ0n) is 11.4. The quantitative estimate of drug-likeness (QED) is 0.795. The Morgan fingerprint density at radius 2 is 1.59 bits per heavy atom. The number of rotatable bonds is 2. The third-order valence-electron chi connectivity index (χ3n) is 2.78. The summed E-state index contributed by atoms with van der Waals surface area (Å²) in [6, 6.07) is 8.22. The fourth-order valence-corrected chi connectivity index (χ4v) is 2.28. The number of carbonyl (C=O) groups is 2. The van der Waals surface area contributed by atoms with Crippen LogP contribution in [0.3, 0.4) is 0 Å². The van der Waals surface area contributed by atoms with Crippen molar-refractivity contribution in [3.63, 3.8) is 0 Å². The molecule has 7 heteroatoms. The van der Waals surface area contributed by atoms with E-state index in [1.807, 2.05) is 12.2 Å². The zero-order chi connectivity index (χ0) is 16.3. The molecule has 2 rings (SSSR count). The standard InChI is InChI=1S/C15H11BrF2N2O2/c1-8-5-6-12(9(16)7-8)19-14(21)15(22)20-13-10(17)3-2-4-11(13)18/h2-7H,1H3,(H,19,21)(H,20,22). The highest BCUT2D eigenvalue weighted by Gasteiger charge is 2.19. The summed E-state index contributed by atoms with van der Waals surface area (Å²) in [7, 11) is 0. The van der Waals surface area contributed by atoms with E-state index in [-0.39, 0.29) is 0 Å². The topological polar surface area (TPSA) is 58.2 Å². The summed E-state index contributed by atoms with van der Waals surface area (Å²) in [5.74, 6) is -4.13. The van der Waals surface area contributed by atoms with Gasteiger partial charge in [0.05, 0.1) is 5.69 Å². The summed E-state index contributed by atoms with van der Waals surface area (Å²) >= 11 is 3.25. The second kappa shape index (κ2) is 6.65. The highest BCUT2D eigenvalue weighted by molar-refractivity contribution is 9.10. The lowest BCUT2D eigenvalue weighted by Crippen LogP contribution is -2.30. The first kappa shape index (κ1) is 16.1. The van der Waals surface area contributed by atoms with Gasteiger partial charge in [-0.2, -0.15) is 0 Å². The number of anilines is 2. The van der Waals surface area contributed by atoms with Crippen LogP contribution in [0.5, 0.6) is 0 Å². The number of nitrogens with one attached hydrogen (secondary N) is 2. The van der Waals surface area contributed by atoms with E-state index >= 15 is 0 Å². The van der Waals surface area contributed by atoms with Gasteiger partial charge in [0.2, 0.25) is 0 Å². The Hall–Kier alpha value is -2.28. The van der Waals surface area contributed by atoms with Gasteiger partial charge in [0.15, 0.2) is 0 Å². The molecule has 2 N–H and O–H groups in total. The molecular formula is C15H11BrF2N2O2. The Kier molecular flexibility index (Phi) is 4.87. The van der Waals surface area contributed by atoms with Crippen LogP contribution in [-0.2, 0) is 9.59 Å². The van der Waals surface area contributed by atoms with Crippen molar-refractivity contribution in [2.75, 3.05) is 10.6 Å². The van der Waals surface area contributed by atoms with Gasteiger partial charge in [0.1, 0.15) is 17.3 Å². The third-order valence-corrected chi connectivity index (χ3v) is 3.44. The first-order valence-electron chi connectivity index (χ1n) is 6.21. The predicted molar refractivity (Wildman–Crippen MR) is 82.5 cm³/mol. The van der Waals surface area contributed by atoms with Gasteiger partial charge < -0.3 is 10.6 Å². The molecule has 2 aromatic rings. The molecule has 0 aliphatic rings. The van der Waals surface area contributed by atoms with Gasteiger partial charge in [-0.05, 0) is 52.7 Å². The Labute approximate surface area is 133 Å². The Morgan fingerprint density at radius 3 is 2.18 bits per heavy atom. The number of hydrogen-bond acceptors (Lipinski definition) is 2. The lowest BCUT2D eigenvalue weighted by atomic mass is 10.2. The minimum absolute atomic E-state index is 0.375. The van der Waals surface area contributed by atoms with Gasteiger partial charge in [-0.3, -0.25) is 9.59 Å². The molecule has 22 heavy (non-hydrogen) atoms. The molecular weight excluding hydrogens is 358 g/mol. The van der Waals surface area contributed by atoms with E-state index < -0.39 is 29.1 Å². The van der Waals surface area contributed by atoms with E-state index in [0.717, 1.165) is 23.8 Å². The van der Waals surface area contributed by atoms with E-state index in [1.54, 1.807) is 18.2 Å². The second-order valence-corrected chi connectivity index (χ2v) is 5.34. The van der Waals surface area contributed by atoms with E-state index in [4.69, 9.17) is 0 Å². The molecule has 0 unspecified atom stereocenters. The Bertz CT molecular complexity index is 730. The van der Waals surface area contributed by atoms with Crippen LogP contribution in [0.1, 0.15) is 5.56 Å². The summed E-state index contributed by atoms with van der Waals surface area (Å²) < 4.78 is 27.4. The Balaban J connectivity index is 2.11. The third kappa shape index (κ3) is 3.67. The average molecular weight is 369 g/mol. The zero-order valence-corrected chi connectivity index (χ0v) is 13.0. The summed E-state index contributed by atoms with van der Waals surface area (Å²) in [6.07, 6.45) is 0. The minimum Gasteiger partial charge on any atom is -0.317 e. The molecule has 0 heterocycles. The fourth-order valence-electron chi connectivity index (χ4n) is 1.69. The molecule has 0 saturated heterocycles. The van der Waals surface area contributed by atoms with Crippen LogP contribution in [0.2, 0.25) is 0 Å². The van der Waals surface area contributed by atoms with Crippen LogP contribution in [0.4, 0.5) is 20.2 Å². The Morgan fingerprint density at radius 1 is 1.00 bits per heavy atom. The summed E-state index contributed by atoms with van der Waals surface area (Å²) in [5, 5.41) is 4.27. The van der Waals surface area contributed by atoms with Crippen molar-refractivity contribution in [2.45, 2.75) is 6.92 Å². The summed E-state index contributed by atoms with van der Waals surface area (Å²) in [6.45, 7) is 1.87. The molecule has 0 saturated carbocycles. The van der Waals surface area contributed by atoms with Crippen LogP contribution in [-0.4, -0.2) is 11.8 Å². The fraction of sp³-hybridized carbons (Fsp3) is 0.0667. The van der Waals surface area contributed by atoms with Crippen molar-refractivity contribution in [3.05, 3.63) is 58.1 Å². The molecule has 0 aromatic heterocycles.